The summed E-state index contributed by atoms with van der Waals surface area (Å²) in [5, 5.41) is 0.815. The van der Waals surface area contributed by atoms with Gasteiger partial charge in [-0.25, -0.2) is 0 Å². The second-order valence-electron chi connectivity index (χ2n) is 4.06. The van der Waals surface area contributed by atoms with E-state index in [9.17, 15) is 0 Å². The van der Waals surface area contributed by atoms with Crippen LogP contribution in [0, 0.1) is 0 Å². The lowest BCUT2D eigenvalue weighted by molar-refractivity contribution is 0.307. The van der Waals surface area contributed by atoms with Gasteiger partial charge in [0.25, 0.3) is 0 Å². The van der Waals surface area contributed by atoms with Crippen LogP contribution in [0.4, 0.5) is 5.69 Å². The van der Waals surface area contributed by atoms with Gasteiger partial charge < -0.3 is 15.2 Å². The van der Waals surface area contributed by atoms with Crippen LogP contribution in [-0.4, -0.2) is 7.11 Å². The normalized spacial score (nSPS) is 10.4. The standard InChI is InChI=1S/C14H12BrCl2NO2/c1-19-13-3-2-8(4-9(13)15)7-20-14-6-11(17)10(16)5-12(14)18/h2-6H,7,18H2,1H3. The van der Waals surface area contributed by atoms with Crippen LogP contribution >= 0.6 is 39.1 Å². The predicted octanol–water partition coefficient (Wildman–Crippen LogP) is 4.93. The molecule has 0 radical (unpaired) electrons. The Morgan fingerprint density at radius 3 is 2.45 bits per heavy atom. The molecule has 106 valence electrons. The lowest BCUT2D eigenvalue weighted by Gasteiger charge is -2.11. The van der Waals surface area contributed by atoms with Gasteiger partial charge in [0.05, 0.1) is 27.3 Å². The first-order valence-electron chi connectivity index (χ1n) is 5.71. The van der Waals surface area contributed by atoms with Crippen LogP contribution in [0.15, 0.2) is 34.8 Å². The number of halogens is 3. The molecule has 0 spiro atoms. The minimum atomic E-state index is 0.366. The Kier molecular flexibility index (Phi) is 5.02. The highest BCUT2D eigenvalue weighted by Gasteiger charge is 2.07. The first kappa shape index (κ1) is 15.3. The molecule has 2 aromatic carbocycles. The number of hydrogen-bond acceptors (Lipinski definition) is 3. The van der Waals surface area contributed by atoms with Crippen molar-refractivity contribution in [3.8, 4) is 11.5 Å². The minimum absolute atomic E-state index is 0.366. The van der Waals surface area contributed by atoms with E-state index in [1.54, 1.807) is 19.2 Å². The van der Waals surface area contributed by atoms with E-state index in [-0.39, 0.29) is 0 Å². The van der Waals surface area contributed by atoms with Gasteiger partial charge in [0.15, 0.2) is 0 Å². The number of benzene rings is 2. The summed E-state index contributed by atoms with van der Waals surface area (Å²) in [6.07, 6.45) is 0. The van der Waals surface area contributed by atoms with Gasteiger partial charge in [-0.05, 0) is 39.7 Å². The van der Waals surface area contributed by atoms with Crippen molar-refractivity contribution >= 4 is 44.8 Å². The van der Waals surface area contributed by atoms with Crippen molar-refractivity contribution in [2.45, 2.75) is 6.61 Å². The van der Waals surface area contributed by atoms with Gasteiger partial charge in [-0.15, -0.1) is 0 Å². The maximum absolute atomic E-state index is 5.94. The molecule has 2 N–H and O–H groups in total. The lowest BCUT2D eigenvalue weighted by atomic mass is 10.2. The van der Waals surface area contributed by atoms with Crippen LogP contribution in [0.2, 0.25) is 10.0 Å². The van der Waals surface area contributed by atoms with Crippen molar-refractivity contribution in [2.75, 3.05) is 12.8 Å². The number of methoxy groups -OCH3 is 1. The van der Waals surface area contributed by atoms with E-state index in [2.05, 4.69) is 15.9 Å². The highest BCUT2D eigenvalue weighted by molar-refractivity contribution is 9.10. The van der Waals surface area contributed by atoms with E-state index < -0.39 is 0 Å². The zero-order valence-corrected chi connectivity index (χ0v) is 13.7. The van der Waals surface area contributed by atoms with Gasteiger partial charge in [-0.1, -0.05) is 29.3 Å². The first-order valence-corrected chi connectivity index (χ1v) is 7.26. The Bertz CT molecular complexity index is 635. The molecule has 20 heavy (non-hydrogen) atoms. The molecular weight excluding hydrogens is 365 g/mol. The molecule has 0 aliphatic rings. The maximum atomic E-state index is 5.94. The van der Waals surface area contributed by atoms with Crippen LogP contribution in [0.5, 0.6) is 11.5 Å². The molecule has 2 rings (SSSR count). The highest BCUT2D eigenvalue weighted by Crippen LogP contribution is 2.33. The molecular formula is C14H12BrCl2NO2. The number of ether oxygens (including phenoxy) is 2. The third kappa shape index (κ3) is 3.51. The Balaban J connectivity index is 2.13. The molecule has 2 aromatic rings. The fourth-order valence-electron chi connectivity index (χ4n) is 1.63. The fraction of sp³-hybridized carbons (Fsp3) is 0.143. The summed E-state index contributed by atoms with van der Waals surface area (Å²) in [6.45, 7) is 0.366. The van der Waals surface area contributed by atoms with Crippen molar-refractivity contribution in [3.05, 3.63) is 50.4 Å². The summed E-state index contributed by atoms with van der Waals surface area (Å²) in [4.78, 5) is 0. The van der Waals surface area contributed by atoms with E-state index in [0.717, 1.165) is 15.8 Å². The molecule has 0 unspecified atom stereocenters. The molecule has 0 atom stereocenters. The number of nitrogens with two attached hydrogens (primary N) is 1. The second kappa shape index (κ2) is 6.57. The van der Waals surface area contributed by atoms with Gasteiger partial charge in [0.1, 0.15) is 18.1 Å². The summed E-state index contributed by atoms with van der Waals surface area (Å²) < 4.78 is 11.7. The Morgan fingerprint density at radius 1 is 1.10 bits per heavy atom. The van der Waals surface area contributed by atoms with E-state index in [0.29, 0.717) is 28.1 Å². The highest BCUT2D eigenvalue weighted by atomic mass is 79.9. The van der Waals surface area contributed by atoms with Crippen LogP contribution in [-0.2, 0) is 6.61 Å². The van der Waals surface area contributed by atoms with Crippen molar-refractivity contribution in [1.29, 1.82) is 0 Å². The smallest absolute Gasteiger partial charge is 0.144 e. The number of nitrogen functional groups attached to an aromatic ring is 1. The summed E-state index contributed by atoms with van der Waals surface area (Å²) >= 11 is 15.2. The van der Waals surface area contributed by atoms with E-state index in [1.807, 2.05) is 18.2 Å². The number of hydrogen-bond donors (Lipinski definition) is 1. The fourth-order valence-corrected chi connectivity index (χ4v) is 2.54. The van der Waals surface area contributed by atoms with E-state index in [4.69, 9.17) is 38.4 Å². The third-order valence-electron chi connectivity index (χ3n) is 2.66. The molecule has 0 aromatic heterocycles. The lowest BCUT2D eigenvalue weighted by Crippen LogP contribution is -1.99. The Hall–Kier alpha value is -1.10. The van der Waals surface area contributed by atoms with Crippen LogP contribution in [0.3, 0.4) is 0 Å². The summed E-state index contributed by atoms with van der Waals surface area (Å²) in [5.74, 6) is 1.27. The van der Waals surface area contributed by atoms with Crippen molar-refractivity contribution < 1.29 is 9.47 Å². The predicted molar refractivity (Wildman–Crippen MR) is 85.9 cm³/mol. The average molecular weight is 377 g/mol. The van der Waals surface area contributed by atoms with Gasteiger partial charge in [-0.3, -0.25) is 0 Å². The largest absolute Gasteiger partial charge is 0.496 e. The quantitative estimate of drug-likeness (QED) is 0.769. The van der Waals surface area contributed by atoms with Crippen molar-refractivity contribution in [3.63, 3.8) is 0 Å². The van der Waals surface area contributed by atoms with Gasteiger partial charge >= 0.3 is 0 Å². The van der Waals surface area contributed by atoms with Crippen molar-refractivity contribution in [2.24, 2.45) is 0 Å². The van der Waals surface area contributed by atoms with Gasteiger partial charge in [0.2, 0.25) is 0 Å². The molecule has 3 nitrogen and oxygen atoms in total. The summed E-state index contributed by atoms with van der Waals surface area (Å²) in [7, 11) is 1.62. The zero-order chi connectivity index (χ0) is 14.7. The van der Waals surface area contributed by atoms with E-state index in [1.165, 1.54) is 0 Å². The molecule has 6 heteroatoms. The Morgan fingerprint density at radius 2 is 1.80 bits per heavy atom. The van der Waals surface area contributed by atoms with Crippen LogP contribution < -0.4 is 15.2 Å². The molecule has 0 bridgehead atoms. The van der Waals surface area contributed by atoms with Crippen LogP contribution in [0.25, 0.3) is 0 Å². The second-order valence-corrected chi connectivity index (χ2v) is 5.73. The maximum Gasteiger partial charge on any atom is 0.144 e. The molecule has 0 amide bonds. The number of rotatable bonds is 4. The minimum Gasteiger partial charge on any atom is -0.496 e. The summed E-state index contributed by atoms with van der Waals surface area (Å²) in [5.41, 5.74) is 7.26. The van der Waals surface area contributed by atoms with Gasteiger partial charge in [0, 0.05) is 6.07 Å². The van der Waals surface area contributed by atoms with Crippen LogP contribution in [0.1, 0.15) is 5.56 Å². The zero-order valence-electron chi connectivity index (χ0n) is 10.6. The topological polar surface area (TPSA) is 44.5 Å². The summed E-state index contributed by atoms with van der Waals surface area (Å²) in [6, 6.07) is 8.88. The van der Waals surface area contributed by atoms with Crippen molar-refractivity contribution in [1.82, 2.24) is 0 Å². The third-order valence-corrected chi connectivity index (χ3v) is 4.01. The molecule has 0 aliphatic heterocycles. The molecule has 0 heterocycles. The number of anilines is 1. The van der Waals surface area contributed by atoms with E-state index >= 15 is 0 Å². The molecule has 0 fully saturated rings. The molecule has 0 saturated heterocycles. The monoisotopic (exact) mass is 375 g/mol. The average Bonchev–Trinajstić information content (AvgIpc) is 2.41. The SMILES string of the molecule is COc1ccc(COc2cc(Cl)c(Cl)cc2N)cc1Br. The molecule has 0 aliphatic carbocycles. The first-order chi connectivity index (χ1) is 9.51. The van der Waals surface area contributed by atoms with Gasteiger partial charge in [-0.2, -0.15) is 0 Å². The molecule has 0 saturated carbocycles. The Labute approximate surface area is 135 Å².